The van der Waals surface area contributed by atoms with Gasteiger partial charge in [-0.25, -0.2) is 0 Å². The number of pyridine rings is 1. The molecule has 0 bridgehead atoms. The second-order valence-electron chi connectivity index (χ2n) is 3.49. The highest BCUT2D eigenvalue weighted by Gasteiger charge is 2.45. The third-order valence-corrected chi connectivity index (χ3v) is 2.38. The van der Waals surface area contributed by atoms with Crippen molar-refractivity contribution in [3.8, 4) is 0 Å². The Bertz CT molecular complexity index is 303. The van der Waals surface area contributed by atoms with Crippen molar-refractivity contribution in [3.05, 3.63) is 30.1 Å². The number of hydrogen-bond donors (Lipinski definition) is 4. The third kappa shape index (κ3) is 4.81. The molecule has 1 aromatic heterocycles. The van der Waals surface area contributed by atoms with Crippen LogP contribution in [0.1, 0.15) is 5.69 Å². The van der Waals surface area contributed by atoms with Gasteiger partial charge in [-0.15, -0.1) is 0 Å². The standard InChI is InChI=1S/C7H13NO4S/c1-13(9,10,11,12)6-7-4-2-3-5-8-7/h2-5,9-12H,6H2,1H3. The minimum Gasteiger partial charge on any atom is -0.310 e. The Labute approximate surface area is 75.4 Å². The van der Waals surface area contributed by atoms with Crippen molar-refractivity contribution in [1.29, 1.82) is 0 Å². The van der Waals surface area contributed by atoms with Crippen LogP contribution in [0.3, 0.4) is 0 Å². The van der Waals surface area contributed by atoms with Crippen molar-refractivity contribution in [3.63, 3.8) is 0 Å². The molecule has 6 heteroatoms. The van der Waals surface area contributed by atoms with Gasteiger partial charge in [0, 0.05) is 21.9 Å². The topological polar surface area (TPSA) is 93.8 Å². The normalized spacial score (nSPS) is 17.6. The maximum absolute atomic E-state index is 9.15. The molecule has 0 spiro atoms. The Hall–Kier alpha value is -0.660. The van der Waals surface area contributed by atoms with Crippen molar-refractivity contribution in [1.82, 2.24) is 4.98 Å². The third-order valence-electron chi connectivity index (χ3n) is 1.28. The highest BCUT2D eigenvalue weighted by atomic mass is 32.4. The molecular weight excluding hydrogens is 194 g/mol. The van der Waals surface area contributed by atoms with Gasteiger partial charge in [0.15, 0.2) is 0 Å². The summed E-state index contributed by atoms with van der Waals surface area (Å²) in [6, 6.07) is 4.73. The minimum absolute atomic E-state index is 0.210. The smallest absolute Gasteiger partial charge is 0.0851 e. The summed E-state index contributed by atoms with van der Waals surface area (Å²) in [5, 5.41) is 0. The van der Waals surface area contributed by atoms with Crippen LogP contribution in [0.4, 0.5) is 0 Å². The lowest BCUT2D eigenvalue weighted by Crippen LogP contribution is -2.34. The van der Waals surface area contributed by atoms with E-state index < -0.39 is 15.2 Å². The molecule has 1 rings (SSSR count). The van der Waals surface area contributed by atoms with E-state index >= 15 is 0 Å². The number of aromatic nitrogens is 1. The Morgan fingerprint density at radius 1 is 1.23 bits per heavy atom. The van der Waals surface area contributed by atoms with Crippen molar-refractivity contribution in [2.45, 2.75) is 5.75 Å². The van der Waals surface area contributed by atoms with Gasteiger partial charge in [-0.1, -0.05) is 6.07 Å². The zero-order valence-corrected chi connectivity index (χ0v) is 7.98. The van der Waals surface area contributed by atoms with E-state index in [1.165, 1.54) is 12.3 Å². The van der Waals surface area contributed by atoms with Gasteiger partial charge in [-0.05, 0) is 12.1 Å². The predicted octanol–water partition coefficient (Wildman–Crippen LogP) is 1.98. The van der Waals surface area contributed by atoms with E-state index in [0.29, 0.717) is 6.26 Å². The van der Waals surface area contributed by atoms with E-state index in [4.69, 9.17) is 18.2 Å². The van der Waals surface area contributed by atoms with Gasteiger partial charge in [0.2, 0.25) is 0 Å². The summed E-state index contributed by atoms with van der Waals surface area (Å²) in [4.78, 5) is 3.74. The molecule has 0 aliphatic rings. The van der Waals surface area contributed by atoms with E-state index in [0.717, 1.165) is 0 Å². The molecule has 5 nitrogen and oxygen atoms in total. The molecule has 76 valence electrons. The van der Waals surface area contributed by atoms with Crippen LogP contribution in [0.25, 0.3) is 0 Å². The van der Waals surface area contributed by atoms with Crippen LogP contribution in [0.2, 0.25) is 0 Å². The van der Waals surface area contributed by atoms with Gasteiger partial charge >= 0.3 is 0 Å². The van der Waals surface area contributed by atoms with E-state index in [-0.39, 0.29) is 5.69 Å². The molecule has 0 saturated heterocycles. The van der Waals surface area contributed by atoms with Crippen molar-refractivity contribution in [2.75, 3.05) is 6.26 Å². The summed E-state index contributed by atoms with van der Waals surface area (Å²) in [6.07, 6.45) is 2.04. The fourth-order valence-corrected chi connectivity index (χ4v) is 1.89. The summed E-state index contributed by atoms with van der Waals surface area (Å²) in [5.41, 5.74) is 0.210. The molecule has 4 N–H and O–H groups in total. The molecule has 0 aliphatic carbocycles. The van der Waals surface area contributed by atoms with Gasteiger partial charge in [0.1, 0.15) is 0 Å². The fourth-order valence-electron chi connectivity index (χ4n) is 0.896. The molecule has 0 unspecified atom stereocenters. The van der Waals surface area contributed by atoms with Crippen LogP contribution in [0.5, 0.6) is 0 Å². The maximum atomic E-state index is 9.15. The van der Waals surface area contributed by atoms with Gasteiger partial charge in [0.05, 0.1) is 11.4 Å². The van der Waals surface area contributed by atoms with E-state index in [1.54, 1.807) is 12.1 Å². The lowest BCUT2D eigenvalue weighted by Gasteiger charge is -2.58. The zero-order chi connectivity index (χ0) is 10.2. The number of nitrogens with zero attached hydrogens (tertiary/aromatic N) is 1. The highest BCUT2D eigenvalue weighted by Crippen LogP contribution is 2.74. The lowest BCUT2D eigenvalue weighted by molar-refractivity contribution is 0.209. The van der Waals surface area contributed by atoms with Gasteiger partial charge < -0.3 is 18.2 Å². The Kier molecular flexibility index (Phi) is 1.78. The molecule has 1 aromatic rings. The van der Waals surface area contributed by atoms with Gasteiger partial charge in [0.25, 0.3) is 0 Å². The second-order valence-corrected chi connectivity index (χ2v) is 7.83. The SMILES string of the molecule is CS(O)(O)(O)(O)Cc1ccccn1. The van der Waals surface area contributed by atoms with Gasteiger partial charge in [-0.3, -0.25) is 4.98 Å². The second kappa shape index (κ2) is 2.23. The monoisotopic (exact) mass is 207 g/mol. The number of hydrogen-bond acceptors (Lipinski definition) is 5. The molecule has 0 saturated carbocycles. The molecule has 0 aromatic carbocycles. The van der Waals surface area contributed by atoms with Crippen LogP contribution in [0, 0.1) is 0 Å². The summed E-state index contributed by atoms with van der Waals surface area (Å²) in [7, 11) is -5.85. The summed E-state index contributed by atoms with van der Waals surface area (Å²) in [5.74, 6) is -0.680. The highest BCUT2D eigenvalue weighted by molar-refractivity contribution is 8.46. The minimum atomic E-state index is -5.85. The predicted molar refractivity (Wildman–Crippen MR) is 52.0 cm³/mol. The van der Waals surface area contributed by atoms with Crippen LogP contribution in [-0.4, -0.2) is 29.5 Å². The van der Waals surface area contributed by atoms with Crippen molar-refractivity contribution < 1.29 is 18.2 Å². The van der Waals surface area contributed by atoms with Crippen molar-refractivity contribution >= 4 is 9.42 Å². The molecular formula is C7H13NO4S. The Balaban J connectivity index is 2.96. The molecule has 0 fully saturated rings. The Morgan fingerprint density at radius 2 is 1.85 bits per heavy atom. The quantitative estimate of drug-likeness (QED) is 0.595. The molecule has 0 radical (unpaired) electrons. The van der Waals surface area contributed by atoms with E-state index in [1.807, 2.05) is 0 Å². The van der Waals surface area contributed by atoms with Crippen LogP contribution in [-0.2, 0) is 5.75 Å². The molecule has 0 atom stereocenters. The average molecular weight is 207 g/mol. The van der Waals surface area contributed by atoms with Crippen LogP contribution >= 0.6 is 9.42 Å². The molecule has 1 heterocycles. The van der Waals surface area contributed by atoms with Crippen LogP contribution < -0.4 is 0 Å². The maximum Gasteiger partial charge on any atom is 0.0851 e. The summed E-state index contributed by atoms with van der Waals surface area (Å²) < 4.78 is 36.6. The number of rotatable bonds is 2. The first kappa shape index (κ1) is 10.4. The molecule has 13 heavy (non-hydrogen) atoms. The molecule has 0 amide bonds. The summed E-state index contributed by atoms with van der Waals surface area (Å²) >= 11 is 0. The van der Waals surface area contributed by atoms with E-state index in [2.05, 4.69) is 4.98 Å². The molecule has 0 aliphatic heterocycles. The van der Waals surface area contributed by atoms with Gasteiger partial charge in [-0.2, -0.15) is 0 Å². The first-order valence-corrected chi connectivity index (χ1v) is 6.41. The van der Waals surface area contributed by atoms with Crippen molar-refractivity contribution in [2.24, 2.45) is 0 Å². The largest absolute Gasteiger partial charge is 0.310 e. The van der Waals surface area contributed by atoms with Crippen LogP contribution in [0.15, 0.2) is 24.4 Å². The average Bonchev–Trinajstić information content (AvgIpc) is 1.82. The fraction of sp³-hybridized carbons (Fsp3) is 0.286. The first-order chi connectivity index (χ1) is 5.55. The zero-order valence-electron chi connectivity index (χ0n) is 7.16. The van der Waals surface area contributed by atoms with E-state index in [9.17, 15) is 0 Å². The summed E-state index contributed by atoms with van der Waals surface area (Å²) in [6.45, 7) is 0. The first-order valence-electron chi connectivity index (χ1n) is 3.55. The Morgan fingerprint density at radius 3 is 2.23 bits per heavy atom. The lowest BCUT2D eigenvalue weighted by atomic mass is 10.4.